The van der Waals surface area contributed by atoms with E-state index < -0.39 is 0 Å². The highest BCUT2D eigenvalue weighted by Crippen LogP contribution is 2.26. The van der Waals surface area contributed by atoms with E-state index in [9.17, 15) is 0 Å². The first-order chi connectivity index (χ1) is 9.74. The van der Waals surface area contributed by atoms with Crippen LogP contribution in [0.1, 0.15) is 5.82 Å². The molecule has 0 fully saturated rings. The number of aromatic amines is 1. The SMILES string of the molecule is Cc1nc(Cl)cc2nnc(-c3n[nH]c4ccccc34)n12. The predicted octanol–water partition coefficient (Wildman–Crippen LogP) is 2.63. The van der Waals surface area contributed by atoms with Crippen LogP contribution in [-0.2, 0) is 0 Å². The van der Waals surface area contributed by atoms with E-state index in [1.54, 1.807) is 6.07 Å². The van der Waals surface area contributed by atoms with E-state index in [1.807, 2.05) is 35.6 Å². The van der Waals surface area contributed by atoms with Crippen molar-refractivity contribution in [3.05, 3.63) is 41.3 Å². The Hall–Kier alpha value is -2.47. The number of rotatable bonds is 1. The fraction of sp³-hybridized carbons (Fsp3) is 0.0769. The molecule has 0 saturated heterocycles. The van der Waals surface area contributed by atoms with Crippen molar-refractivity contribution < 1.29 is 0 Å². The van der Waals surface area contributed by atoms with Crippen LogP contribution >= 0.6 is 11.6 Å². The van der Waals surface area contributed by atoms with Gasteiger partial charge in [0, 0.05) is 11.5 Å². The van der Waals surface area contributed by atoms with Crippen molar-refractivity contribution in [2.24, 2.45) is 0 Å². The van der Waals surface area contributed by atoms with Crippen LogP contribution in [-0.4, -0.2) is 29.8 Å². The van der Waals surface area contributed by atoms with Gasteiger partial charge in [-0.25, -0.2) is 4.98 Å². The summed E-state index contributed by atoms with van der Waals surface area (Å²) in [6, 6.07) is 9.57. The second-order valence-electron chi connectivity index (χ2n) is 4.46. The van der Waals surface area contributed by atoms with E-state index in [1.165, 1.54) is 0 Å². The molecule has 0 spiro atoms. The van der Waals surface area contributed by atoms with Crippen molar-refractivity contribution in [3.8, 4) is 11.5 Å². The largest absolute Gasteiger partial charge is 0.277 e. The summed E-state index contributed by atoms with van der Waals surface area (Å²) >= 11 is 5.94. The van der Waals surface area contributed by atoms with Crippen LogP contribution in [0, 0.1) is 6.92 Å². The Morgan fingerprint density at radius 2 is 2.05 bits per heavy atom. The summed E-state index contributed by atoms with van der Waals surface area (Å²) in [6.07, 6.45) is 0. The molecule has 0 atom stereocenters. The molecule has 0 radical (unpaired) electrons. The van der Waals surface area contributed by atoms with Crippen molar-refractivity contribution in [3.63, 3.8) is 0 Å². The zero-order valence-electron chi connectivity index (χ0n) is 10.5. The molecule has 0 aliphatic carbocycles. The molecule has 20 heavy (non-hydrogen) atoms. The third kappa shape index (κ3) is 1.51. The molecule has 0 unspecified atom stereocenters. The lowest BCUT2D eigenvalue weighted by atomic mass is 10.2. The maximum atomic E-state index is 5.94. The highest BCUT2D eigenvalue weighted by molar-refractivity contribution is 6.29. The normalized spacial score (nSPS) is 11.5. The molecule has 0 amide bonds. The number of aromatic nitrogens is 6. The second kappa shape index (κ2) is 4.01. The molecule has 3 aromatic heterocycles. The lowest BCUT2D eigenvalue weighted by molar-refractivity contribution is 0.977. The van der Waals surface area contributed by atoms with E-state index in [-0.39, 0.29) is 0 Å². The third-order valence-corrected chi connectivity index (χ3v) is 3.40. The van der Waals surface area contributed by atoms with Gasteiger partial charge in [-0.05, 0) is 13.0 Å². The number of aryl methyl sites for hydroxylation is 1. The number of H-pyrrole nitrogens is 1. The van der Waals surface area contributed by atoms with E-state index in [2.05, 4.69) is 25.4 Å². The van der Waals surface area contributed by atoms with Gasteiger partial charge in [-0.1, -0.05) is 29.8 Å². The van der Waals surface area contributed by atoms with Crippen molar-refractivity contribution in [1.82, 2.24) is 29.8 Å². The number of fused-ring (bicyclic) bond motifs is 2. The van der Waals surface area contributed by atoms with Crippen LogP contribution in [0.15, 0.2) is 30.3 Å². The van der Waals surface area contributed by atoms with E-state index >= 15 is 0 Å². The molecule has 1 aromatic carbocycles. The molecule has 0 bridgehead atoms. The maximum absolute atomic E-state index is 5.94. The van der Waals surface area contributed by atoms with Gasteiger partial charge in [-0.2, -0.15) is 5.10 Å². The molecule has 6 nitrogen and oxygen atoms in total. The molecule has 0 aliphatic rings. The number of benzene rings is 1. The molecular formula is C13H9ClN6. The van der Waals surface area contributed by atoms with E-state index in [0.29, 0.717) is 16.6 Å². The van der Waals surface area contributed by atoms with E-state index in [0.717, 1.165) is 22.4 Å². The monoisotopic (exact) mass is 284 g/mol. The van der Waals surface area contributed by atoms with Crippen molar-refractivity contribution in [1.29, 1.82) is 0 Å². The third-order valence-electron chi connectivity index (χ3n) is 3.21. The zero-order chi connectivity index (χ0) is 13.7. The summed E-state index contributed by atoms with van der Waals surface area (Å²) < 4.78 is 1.84. The van der Waals surface area contributed by atoms with Crippen LogP contribution in [0.2, 0.25) is 5.15 Å². The van der Waals surface area contributed by atoms with Crippen LogP contribution in [0.25, 0.3) is 28.1 Å². The summed E-state index contributed by atoms with van der Waals surface area (Å²) in [4.78, 5) is 4.23. The minimum atomic E-state index is 0.404. The molecule has 98 valence electrons. The number of nitrogens with one attached hydrogen (secondary N) is 1. The highest BCUT2D eigenvalue weighted by Gasteiger charge is 2.16. The Morgan fingerprint density at radius 1 is 1.20 bits per heavy atom. The Labute approximate surface area is 118 Å². The smallest absolute Gasteiger partial charge is 0.190 e. The fourth-order valence-electron chi connectivity index (χ4n) is 2.34. The Kier molecular flexibility index (Phi) is 2.28. The lowest BCUT2D eigenvalue weighted by Crippen LogP contribution is -1.98. The molecule has 4 rings (SSSR count). The van der Waals surface area contributed by atoms with Gasteiger partial charge in [0.15, 0.2) is 11.5 Å². The summed E-state index contributed by atoms with van der Waals surface area (Å²) in [5.74, 6) is 1.37. The zero-order valence-corrected chi connectivity index (χ0v) is 11.3. The van der Waals surface area contributed by atoms with Crippen LogP contribution < -0.4 is 0 Å². The van der Waals surface area contributed by atoms with Gasteiger partial charge >= 0.3 is 0 Å². The quantitative estimate of drug-likeness (QED) is 0.545. The molecule has 0 saturated carbocycles. The fourth-order valence-corrected chi connectivity index (χ4v) is 2.56. The summed E-state index contributed by atoms with van der Waals surface area (Å²) in [5, 5.41) is 17.1. The van der Waals surface area contributed by atoms with Gasteiger partial charge < -0.3 is 0 Å². The van der Waals surface area contributed by atoms with Gasteiger partial charge in [0.1, 0.15) is 16.7 Å². The number of halogens is 1. The van der Waals surface area contributed by atoms with Crippen molar-refractivity contribution in [2.75, 3.05) is 0 Å². The minimum absolute atomic E-state index is 0.404. The molecule has 4 aromatic rings. The number of nitrogens with zero attached hydrogens (tertiary/aromatic N) is 5. The number of hydrogen-bond acceptors (Lipinski definition) is 4. The average Bonchev–Trinajstić information content (AvgIpc) is 3.01. The number of hydrogen-bond donors (Lipinski definition) is 1. The average molecular weight is 285 g/mol. The topological polar surface area (TPSA) is 71.8 Å². The maximum Gasteiger partial charge on any atom is 0.190 e. The minimum Gasteiger partial charge on any atom is -0.277 e. The Bertz CT molecular complexity index is 938. The lowest BCUT2D eigenvalue weighted by Gasteiger charge is -2.01. The predicted molar refractivity (Wildman–Crippen MR) is 75.6 cm³/mol. The van der Waals surface area contributed by atoms with Crippen molar-refractivity contribution in [2.45, 2.75) is 6.92 Å². The highest BCUT2D eigenvalue weighted by atomic mass is 35.5. The summed E-state index contributed by atoms with van der Waals surface area (Å²) in [5.41, 5.74) is 2.36. The molecule has 7 heteroatoms. The Balaban J connectivity index is 2.08. The van der Waals surface area contributed by atoms with Gasteiger partial charge in [0.05, 0.1) is 5.52 Å². The second-order valence-corrected chi connectivity index (χ2v) is 4.85. The molecule has 1 N–H and O–H groups in total. The van der Waals surface area contributed by atoms with E-state index in [4.69, 9.17) is 11.6 Å². The standard InChI is InChI=1S/C13H9ClN6/c1-7-15-10(14)6-11-17-19-13(20(7)11)12-8-4-2-3-5-9(8)16-18-12/h2-6H,1H3,(H,16,18). The van der Waals surface area contributed by atoms with Gasteiger partial charge in [-0.15, -0.1) is 10.2 Å². The Morgan fingerprint density at radius 3 is 2.95 bits per heavy atom. The van der Waals surface area contributed by atoms with Gasteiger partial charge in [-0.3, -0.25) is 9.50 Å². The first kappa shape index (κ1) is 11.4. The first-order valence-electron chi connectivity index (χ1n) is 6.06. The van der Waals surface area contributed by atoms with Crippen molar-refractivity contribution >= 4 is 28.2 Å². The molecule has 0 aliphatic heterocycles. The number of para-hydroxylation sites is 1. The van der Waals surface area contributed by atoms with Crippen LogP contribution in [0.4, 0.5) is 0 Å². The summed E-state index contributed by atoms with van der Waals surface area (Å²) in [6.45, 7) is 1.86. The van der Waals surface area contributed by atoms with Gasteiger partial charge in [0.25, 0.3) is 0 Å². The summed E-state index contributed by atoms with van der Waals surface area (Å²) in [7, 11) is 0. The molecular weight excluding hydrogens is 276 g/mol. The van der Waals surface area contributed by atoms with Gasteiger partial charge in [0.2, 0.25) is 0 Å². The van der Waals surface area contributed by atoms with Crippen LogP contribution in [0.5, 0.6) is 0 Å². The van der Waals surface area contributed by atoms with Crippen LogP contribution in [0.3, 0.4) is 0 Å². The molecule has 3 heterocycles. The first-order valence-corrected chi connectivity index (χ1v) is 6.43.